The summed E-state index contributed by atoms with van der Waals surface area (Å²) in [5.41, 5.74) is 0.544. The summed E-state index contributed by atoms with van der Waals surface area (Å²) >= 11 is 0. The molecule has 4 rings (SSSR count). The second kappa shape index (κ2) is 5.69. The number of ether oxygens (including phenoxy) is 2. The summed E-state index contributed by atoms with van der Waals surface area (Å²) in [7, 11) is 0. The van der Waals surface area contributed by atoms with E-state index in [0.717, 1.165) is 35.9 Å². The third-order valence-electron chi connectivity index (χ3n) is 4.86. The zero-order valence-corrected chi connectivity index (χ0v) is 12.9. The third-order valence-corrected chi connectivity index (χ3v) is 4.86. The van der Waals surface area contributed by atoms with E-state index in [1.807, 2.05) is 36.4 Å². The highest BCUT2D eigenvalue weighted by atomic mass is 16.6. The van der Waals surface area contributed by atoms with Crippen molar-refractivity contribution in [3.8, 4) is 5.75 Å². The maximum atomic E-state index is 12.3. The smallest absolute Gasteiger partial charge is 0.316 e. The van der Waals surface area contributed by atoms with Gasteiger partial charge in [-0.3, -0.25) is 9.78 Å². The van der Waals surface area contributed by atoms with Crippen molar-refractivity contribution < 1.29 is 14.3 Å². The first-order valence-electron chi connectivity index (χ1n) is 8.10. The van der Waals surface area contributed by atoms with Crippen molar-refractivity contribution >= 4 is 16.9 Å². The summed E-state index contributed by atoms with van der Waals surface area (Å²) in [6.07, 6.45) is 8.87. The molecule has 0 radical (unpaired) electrons. The summed E-state index contributed by atoms with van der Waals surface area (Å²) in [6.45, 7) is 0.624. The van der Waals surface area contributed by atoms with E-state index in [2.05, 4.69) is 11.1 Å². The van der Waals surface area contributed by atoms with Crippen LogP contribution in [-0.4, -0.2) is 24.2 Å². The fraction of sp³-hybridized carbons (Fsp3) is 0.368. The molecule has 2 aromatic rings. The lowest BCUT2D eigenvalue weighted by Gasteiger charge is -2.21. The average Bonchev–Trinajstić information content (AvgIpc) is 3.21. The van der Waals surface area contributed by atoms with Crippen LogP contribution in [0.25, 0.3) is 10.9 Å². The number of hydrogen-bond acceptors (Lipinski definition) is 4. The lowest BCUT2D eigenvalue weighted by Crippen LogP contribution is -2.28. The van der Waals surface area contributed by atoms with Gasteiger partial charge < -0.3 is 9.47 Å². The first kappa shape index (κ1) is 14.2. The number of carbonyl (C=O) groups excluding carboxylic acids is 1. The molecule has 2 aliphatic rings. The minimum absolute atomic E-state index is 0.100. The van der Waals surface area contributed by atoms with Crippen LogP contribution in [0.4, 0.5) is 0 Å². The average molecular weight is 309 g/mol. The monoisotopic (exact) mass is 309 g/mol. The molecule has 2 atom stereocenters. The van der Waals surface area contributed by atoms with Gasteiger partial charge in [0.1, 0.15) is 19.0 Å². The molecule has 4 heteroatoms. The standard InChI is InChI=1S/C19H19NO3/c21-18(19-8-5-14(13-19)6-9-19)23-12-11-22-17-7-10-20-16-4-2-1-3-15(16)17/h1-5,7-8,10,14H,6,9,11-13H2. The maximum absolute atomic E-state index is 12.3. The predicted octanol–water partition coefficient (Wildman–Crippen LogP) is 3.51. The molecule has 1 heterocycles. The van der Waals surface area contributed by atoms with Crippen LogP contribution in [0.15, 0.2) is 48.7 Å². The lowest BCUT2D eigenvalue weighted by molar-refractivity contribution is -0.153. The van der Waals surface area contributed by atoms with Crippen LogP contribution in [0.5, 0.6) is 5.75 Å². The van der Waals surface area contributed by atoms with E-state index in [4.69, 9.17) is 9.47 Å². The molecular weight excluding hydrogens is 290 g/mol. The van der Waals surface area contributed by atoms with Crippen molar-refractivity contribution in [2.24, 2.45) is 11.3 Å². The Morgan fingerprint density at radius 2 is 2.17 bits per heavy atom. The van der Waals surface area contributed by atoms with Crippen LogP contribution in [0.2, 0.25) is 0 Å². The molecule has 2 unspecified atom stereocenters. The molecule has 23 heavy (non-hydrogen) atoms. The minimum atomic E-state index is -0.353. The largest absolute Gasteiger partial charge is 0.489 e. The van der Waals surface area contributed by atoms with Crippen LogP contribution in [0.3, 0.4) is 0 Å². The van der Waals surface area contributed by atoms with Crippen LogP contribution < -0.4 is 4.74 Å². The zero-order valence-electron chi connectivity index (χ0n) is 12.9. The molecule has 1 aromatic carbocycles. The van der Waals surface area contributed by atoms with E-state index < -0.39 is 0 Å². The Kier molecular flexibility index (Phi) is 3.52. The zero-order chi connectivity index (χ0) is 15.7. The van der Waals surface area contributed by atoms with Gasteiger partial charge in [0.15, 0.2) is 0 Å². The Labute approximate surface area is 135 Å². The molecule has 1 fully saturated rings. The van der Waals surface area contributed by atoms with Gasteiger partial charge in [-0.15, -0.1) is 0 Å². The van der Waals surface area contributed by atoms with E-state index in [1.54, 1.807) is 6.20 Å². The minimum Gasteiger partial charge on any atom is -0.489 e. The number of aromatic nitrogens is 1. The summed E-state index contributed by atoms with van der Waals surface area (Å²) in [6, 6.07) is 9.67. The van der Waals surface area contributed by atoms with Gasteiger partial charge in [-0.1, -0.05) is 24.3 Å². The first-order valence-corrected chi connectivity index (χ1v) is 8.10. The Morgan fingerprint density at radius 3 is 2.96 bits per heavy atom. The van der Waals surface area contributed by atoms with Gasteiger partial charge in [0.25, 0.3) is 0 Å². The number of benzene rings is 1. The van der Waals surface area contributed by atoms with E-state index in [-0.39, 0.29) is 18.0 Å². The molecule has 0 amide bonds. The van der Waals surface area contributed by atoms with Crippen LogP contribution in [0.1, 0.15) is 19.3 Å². The summed E-state index contributed by atoms with van der Waals surface area (Å²) in [5.74, 6) is 1.24. The molecule has 1 saturated carbocycles. The van der Waals surface area contributed by atoms with Crippen molar-refractivity contribution in [3.05, 3.63) is 48.7 Å². The number of rotatable bonds is 5. The fourth-order valence-electron chi connectivity index (χ4n) is 3.63. The van der Waals surface area contributed by atoms with Gasteiger partial charge >= 0.3 is 5.97 Å². The number of para-hydroxylation sites is 1. The van der Waals surface area contributed by atoms with Crippen molar-refractivity contribution in [2.75, 3.05) is 13.2 Å². The molecule has 4 nitrogen and oxygen atoms in total. The lowest BCUT2D eigenvalue weighted by atomic mass is 9.88. The molecule has 118 valence electrons. The van der Waals surface area contributed by atoms with Crippen molar-refractivity contribution in [1.82, 2.24) is 4.98 Å². The summed E-state index contributed by atoms with van der Waals surface area (Å²) < 4.78 is 11.2. The van der Waals surface area contributed by atoms with Gasteiger partial charge in [0.2, 0.25) is 0 Å². The number of esters is 1. The number of fused-ring (bicyclic) bond motifs is 3. The van der Waals surface area contributed by atoms with E-state index in [1.165, 1.54) is 0 Å². The van der Waals surface area contributed by atoms with E-state index in [0.29, 0.717) is 12.5 Å². The highest BCUT2D eigenvalue weighted by Gasteiger charge is 2.47. The summed E-state index contributed by atoms with van der Waals surface area (Å²) in [5, 5.41) is 0.970. The molecule has 0 N–H and O–H groups in total. The number of hydrogen-bond donors (Lipinski definition) is 0. The molecule has 0 aliphatic heterocycles. The SMILES string of the molecule is O=C(OCCOc1ccnc2ccccc12)C12C=CC(CC1)C2. The number of carbonyl (C=O) groups is 1. The first-order chi connectivity index (χ1) is 11.3. The highest BCUT2D eigenvalue weighted by molar-refractivity contribution is 5.84. The van der Waals surface area contributed by atoms with Gasteiger partial charge in [0, 0.05) is 11.6 Å². The second-order valence-corrected chi connectivity index (χ2v) is 6.33. The number of allylic oxidation sites excluding steroid dienone is 1. The normalized spacial score (nSPS) is 25.0. The van der Waals surface area contributed by atoms with E-state index in [9.17, 15) is 4.79 Å². The summed E-state index contributed by atoms with van der Waals surface area (Å²) in [4.78, 5) is 16.6. The van der Waals surface area contributed by atoms with Gasteiger partial charge in [-0.2, -0.15) is 0 Å². The van der Waals surface area contributed by atoms with Crippen molar-refractivity contribution in [1.29, 1.82) is 0 Å². The topological polar surface area (TPSA) is 48.4 Å². The Morgan fingerprint density at radius 1 is 1.26 bits per heavy atom. The molecule has 0 spiro atoms. The molecule has 2 bridgehead atoms. The highest BCUT2D eigenvalue weighted by Crippen LogP contribution is 2.49. The van der Waals surface area contributed by atoms with Gasteiger partial charge in [-0.05, 0) is 43.4 Å². The maximum Gasteiger partial charge on any atom is 0.316 e. The number of pyridine rings is 1. The van der Waals surface area contributed by atoms with Crippen LogP contribution >= 0.6 is 0 Å². The number of nitrogens with zero attached hydrogens (tertiary/aromatic N) is 1. The van der Waals surface area contributed by atoms with Crippen molar-refractivity contribution in [2.45, 2.75) is 19.3 Å². The predicted molar refractivity (Wildman–Crippen MR) is 87.1 cm³/mol. The molecular formula is C19H19NO3. The molecule has 1 aromatic heterocycles. The fourth-order valence-corrected chi connectivity index (χ4v) is 3.63. The van der Waals surface area contributed by atoms with Crippen LogP contribution in [-0.2, 0) is 9.53 Å². The third kappa shape index (κ3) is 2.58. The van der Waals surface area contributed by atoms with Gasteiger partial charge in [-0.25, -0.2) is 0 Å². The quantitative estimate of drug-likeness (QED) is 0.482. The second-order valence-electron chi connectivity index (χ2n) is 6.33. The Hall–Kier alpha value is -2.36. The van der Waals surface area contributed by atoms with Crippen molar-refractivity contribution in [3.63, 3.8) is 0 Å². The Bertz CT molecular complexity index is 765. The van der Waals surface area contributed by atoms with E-state index >= 15 is 0 Å². The Balaban J connectivity index is 1.33. The molecule has 0 saturated heterocycles. The van der Waals surface area contributed by atoms with Gasteiger partial charge in [0.05, 0.1) is 10.9 Å². The van der Waals surface area contributed by atoms with Crippen LogP contribution in [0, 0.1) is 11.3 Å². The molecule has 2 aliphatic carbocycles.